The number of benzene rings is 1. The normalized spacial score (nSPS) is 41.2. The van der Waals surface area contributed by atoms with Crippen molar-refractivity contribution in [3.63, 3.8) is 0 Å². The maximum absolute atomic E-state index is 13.5. The first-order valence-corrected chi connectivity index (χ1v) is 11.5. The van der Waals surface area contributed by atoms with Gasteiger partial charge in [-0.2, -0.15) is 0 Å². The second-order valence-electron chi connectivity index (χ2n) is 9.61. The Hall–Kier alpha value is -2.12. The van der Waals surface area contributed by atoms with E-state index in [0.717, 1.165) is 42.2 Å². The summed E-state index contributed by atoms with van der Waals surface area (Å²) in [5.41, 5.74) is -0.132. The van der Waals surface area contributed by atoms with Crippen molar-refractivity contribution in [2.75, 3.05) is 32.7 Å². The highest BCUT2D eigenvalue weighted by Crippen LogP contribution is 2.78. The molecule has 6 nitrogen and oxygen atoms in total. The van der Waals surface area contributed by atoms with Crippen molar-refractivity contribution >= 4 is 28.9 Å². The van der Waals surface area contributed by atoms with Gasteiger partial charge in [-0.15, -0.1) is 0 Å². The van der Waals surface area contributed by atoms with Crippen LogP contribution in [0.3, 0.4) is 0 Å². The molecule has 0 aliphatic carbocycles. The summed E-state index contributed by atoms with van der Waals surface area (Å²) in [6.45, 7) is 3.04. The van der Waals surface area contributed by atoms with Crippen molar-refractivity contribution < 1.29 is 19.0 Å². The van der Waals surface area contributed by atoms with Gasteiger partial charge in [-0.05, 0) is 37.0 Å². The number of carbonyl (C=O) groups excluding carboxylic acids is 1. The first-order chi connectivity index (χ1) is 14.9. The van der Waals surface area contributed by atoms with Gasteiger partial charge in [0.05, 0.1) is 25.7 Å². The summed E-state index contributed by atoms with van der Waals surface area (Å²) in [4.78, 5) is 18.9. The highest BCUT2D eigenvalue weighted by Gasteiger charge is 2.90. The van der Waals surface area contributed by atoms with Crippen molar-refractivity contribution in [2.24, 2.45) is 5.41 Å². The summed E-state index contributed by atoms with van der Waals surface area (Å²) >= 11 is 5.86. The lowest BCUT2D eigenvalue weighted by molar-refractivity contribution is -0.199. The summed E-state index contributed by atoms with van der Waals surface area (Å²) < 4.78 is 18.1. The van der Waals surface area contributed by atoms with Crippen LogP contribution < -0.4 is 9.64 Å². The fourth-order valence-electron chi connectivity index (χ4n) is 8.00. The fourth-order valence-corrected chi connectivity index (χ4v) is 8.29. The molecule has 3 fully saturated rings. The van der Waals surface area contributed by atoms with Crippen LogP contribution in [0.25, 0.3) is 0 Å². The predicted molar refractivity (Wildman–Crippen MR) is 120 cm³/mol. The Morgan fingerprint density at radius 1 is 1.35 bits per heavy atom. The van der Waals surface area contributed by atoms with Gasteiger partial charge in [0.2, 0.25) is 0 Å². The zero-order valence-electron chi connectivity index (χ0n) is 18.4. The molecule has 5 heterocycles. The van der Waals surface area contributed by atoms with Crippen LogP contribution in [-0.2, 0) is 19.7 Å². The molecular formula is C24H28N2O4S. The van der Waals surface area contributed by atoms with E-state index in [4.69, 9.17) is 26.4 Å². The molecule has 5 aliphatic heterocycles. The number of ether oxygens (including phenoxy) is 3. The topological polar surface area (TPSA) is 51.2 Å². The second kappa shape index (κ2) is 5.81. The lowest BCUT2D eigenvalue weighted by atomic mass is 9.47. The Morgan fingerprint density at radius 2 is 2.16 bits per heavy atom. The summed E-state index contributed by atoms with van der Waals surface area (Å²) in [5, 5.41) is 0. The van der Waals surface area contributed by atoms with Crippen LogP contribution in [0.4, 0.5) is 5.69 Å². The third kappa shape index (κ3) is 1.76. The van der Waals surface area contributed by atoms with E-state index < -0.39 is 16.7 Å². The van der Waals surface area contributed by atoms with Crippen LogP contribution in [0.2, 0.25) is 0 Å². The number of likely N-dealkylation sites (N-methyl/N-ethyl adjacent to an activating group) is 1. The van der Waals surface area contributed by atoms with Crippen LogP contribution in [0.1, 0.15) is 38.2 Å². The lowest BCUT2D eigenvalue weighted by Gasteiger charge is -2.63. The molecule has 5 aliphatic rings. The number of anilines is 1. The van der Waals surface area contributed by atoms with E-state index in [0.29, 0.717) is 6.42 Å². The van der Waals surface area contributed by atoms with Crippen LogP contribution in [-0.4, -0.2) is 61.0 Å². The summed E-state index contributed by atoms with van der Waals surface area (Å²) in [7, 11) is 5.23. The molecule has 2 spiro atoms. The minimum atomic E-state index is -1.06. The number of hydrogen-bond acceptors (Lipinski definition) is 6. The van der Waals surface area contributed by atoms with E-state index in [1.165, 1.54) is 12.7 Å². The first-order valence-electron chi connectivity index (χ1n) is 11.1. The zero-order valence-corrected chi connectivity index (χ0v) is 19.3. The van der Waals surface area contributed by atoms with Crippen molar-refractivity contribution in [1.29, 1.82) is 0 Å². The molecule has 0 saturated carbocycles. The van der Waals surface area contributed by atoms with Crippen LogP contribution in [0.15, 0.2) is 30.4 Å². The average Bonchev–Trinajstić information content (AvgIpc) is 3.35. The van der Waals surface area contributed by atoms with Crippen molar-refractivity contribution in [2.45, 2.75) is 55.4 Å². The average molecular weight is 441 g/mol. The molecule has 1 aromatic rings. The number of hydrogen-bond donors (Lipinski definition) is 0. The van der Waals surface area contributed by atoms with Crippen LogP contribution >= 0.6 is 12.2 Å². The van der Waals surface area contributed by atoms with Gasteiger partial charge in [-0.1, -0.05) is 31.3 Å². The molecule has 0 radical (unpaired) electrons. The molecule has 31 heavy (non-hydrogen) atoms. The standard InChI is InChI=1S/C24H28N2O4S/c1-5-21-11-9-18(31)26-12-6-10-22-16-8-7-15(28-3)13-17(16)25(2)19(22)23(14-21,20(27)29-4)30-24(21,22)26/h7-9,11,13,19H,5-6,10,12,14H2,1-4H3/t19-,21+,22+,23-,24+/m1/s1. The number of esters is 1. The van der Waals surface area contributed by atoms with Gasteiger partial charge in [0.15, 0.2) is 11.3 Å². The minimum Gasteiger partial charge on any atom is -0.497 e. The van der Waals surface area contributed by atoms with E-state index in [1.807, 2.05) is 6.07 Å². The molecule has 0 N–H and O–H groups in total. The zero-order chi connectivity index (χ0) is 21.8. The van der Waals surface area contributed by atoms with Crippen molar-refractivity contribution in [3.05, 3.63) is 35.9 Å². The lowest BCUT2D eigenvalue weighted by Crippen LogP contribution is -2.76. The molecule has 3 saturated heterocycles. The van der Waals surface area contributed by atoms with Gasteiger partial charge >= 0.3 is 5.97 Å². The van der Waals surface area contributed by atoms with Crippen molar-refractivity contribution in [1.82, 2.24) is 4.90 Å². The SMILES string of the molecule is CC[C@]12C=CC(=S)N3CCC[C@]45c6ccc(OC)cc6N(C)[C@H]4[C@@](C(=O)OC)(C1)O[C@@]325. The van der Waals surface area contributed by atoms with Crippen LogP contribution in [0.5, 0.6) is 5.75 Å². The molecule has 5 atom stereocenters. The number of methoxy groups -OCH3 is 2. The third-order valence-corrected chi connectivity index (χ3v) is 9.21. The van der Waals surface area contributed by atoms with Gasteiger partial charge in [-0.3, -0.25) is 0 Å². The molecule has 6 rings (SSSR count). The van der Waals surface area contributed by atoms with E-state index >= 15 is 0 Å². The van der Waals surface area contributed by atoms with Gasteiger partial charge in [-0.25, -0.2) is 4.79 Å². The second-order valence-corrected chi connectivity index (χ2v) is 10.0. The Morgan fingerprint density at radius 3 is 2.87 bits per heavy atom. The van der Waals surface area contributed by atoms with Crippen molar-refractivity contribution in [3.8, 4) is 5.75 Å². The Balaban J connectivity index is 1.73. The number of fused-ring (bicyclic) bond motifs is 3. The first kappa shape index (κ1) is 19.6. The smallest absolute Gasteiger partial charge is 0.340 e. The van der Waals surface area contributed by atoms with Crippen LogP contribution in [0, 0.1) is 5.41 Å². The number of carbonyl (C=O) groups is 1. The Bertz CT molecular complexity index is 1060. The molecule has 0 unspecified atom stereocenters. The molecule has 1 aromatic carbocycles. The molecule has 2 bridgehead atoms. The van der Waals surface area contributed by atoms with Gasteiger partial charge in [0, 0.05) is 37.2 Å². The fraction of sp³-hybridized carbons (Fsp3) is 0.583. The van der Waals surface area contributed by atoms with E-state index in [2.05, 4.69) is 48.1 Å². The molecule has 164 valence electrons. The predicted octanol–water partition coefficient (Wildman–Crippen LogP) is 3.18. The molecule has 7 heteroatoms. The number of nitrogens with zero attached hydrogens (tertiary/aromatic N) is 2. The maximum atomic E-state index is 13.5. The Labute approximate surface area is 188 Å². The highest BCUT2D eigenvalue weighted by atomic mass is 32.1. The maximum Gasteiger partial charge on any atom is 0.340 e. The quantitative estimate of drug-likeness (QED) is 0.529. The van der Waals surface area contributed by atoms with Gasteiger partial charge in [0.1, 0.15) is 10.7 Å². The number of piperidine rings is 1. The van der Waals surface area contributed by atoms with Gasteiger partial charge < -0.3 is 24.0 Å². The van der Waals surface area contributed by atoms with E-state index in [-0.39, 0.29) is 17.4 Å². The molecule has 0 aromatic heterocycles. The largest absolute Gasteiger partial charge is 0.497 e. The minimum absolute atomic E-state index is 0.161. The Kier molecular flexibility index (Phi) is 3.67. The van der Waals surface area contributed by atoms with E-state index in [9.17, 15) is 4.79 Å². The number of thiocarbonyl (C=S) groups is 1. The number of rotatable bonds is 3. The summed E-state index contributed by atoms with van der Waals surface area (Å²) in [6.07, 6.45) is 7.69. The molecular weight excluding hydrogens is 412 g/mol. The molecule has 0 amide bonds. The highest BCUT2D eigenvalue weighted by molar-refractivity contribution is 7.80. The third-order valence-electron chi connectivity index (χ3n) is 8.85. The monoisotopic (exact) mass is 440 g/mol. The summed E-state index contributed by atoms with van der Waals surface area (Å²) in [6, 6.07) is 6.14. The van der Waals surface area contributed by atoms with Gasteiger partial charge in [0.25, 0.3) is 0 Å². The van der Waals surface area contributed by atoms with E-state index in [1.54, 1.807) is 7.11 Å². The summed E-state index contributed by atoms with van der Waals surface area (Å²) in [5.74, 6) is 0.530.